The van der Waals surface area contributed by atoms with Crippen LogP contribution in [0, 0.1) is 6.92 Å². The lowest BCUT2D eigenvalue weighted by Gasteiger charge is -2.35. The van der Waals surface area contributed by atoms with Crippen molar-refractivity contribution in [2.45, 2.75) is 6.92 Å². The number of piperazine rings is 1. The minimum Gasteiger partial charge on any atom is -0.353 e. The van der Waals surface area contributed by atoms with Gasteiger partial charge in [0.25, 0.3) is 11.7 Å². The van der Waals surface area contributed by atoms with Crippen LogP contribution in [0.25, 0.3) is 11.5 Å². The van der Waals surface area contributed by atoms with Crippen LogP contribution in [0.15, 0.2) is 55.1 Å². The second-order valence-electron chi connectivity index (χ2n) is 7.02. The lowest BCUT2D eigenvalue weighted by Crippen LogP contribution is -2.49. The van der Waals surface area contributed by atoms with Crippen LogP contribution in [-0.2, 0) is 0 Å². The fraction of sp³-hybridized carbons (Fsp3) is 0.250. The normalized spacial score (nSPS) is 14.5. The summed E-state index contributed by atoms with van der Waals surface area (Å²) in [7, 11) is 0. The third kappa shape index (κ3) is 3.20. The molecule has 5 rings (SSSR count). The maximum atomic E-state index is 12.9. The van der Waals surface area contributed by atoms with Crippen molar-refractivity contribution >= 4 is 17.5 Å². The smallest absolute Gasteiger partial charge is 0.257 e. The molecule has 3 aromatic heterocycles. The van der Waals surface area contributed by atoms with Crippen LogP contribution in [0.2, 0.25) is 0 Å². The molecule has 0 aliphatic carbocycles. The largest absolute Gasteiger partial charge is 0.353 e. The van der Waals surface area contributed by atoms with E-state index in [1.165, 1.54) is 6.33 Å². The van der Waals surface area contributed by atoms with Gasteiger partial charge in [0.1, 0.15) is 12.1 Å². The van der Waals surface area contributed by atoms with E-state index >= 15 is 0 Å². The Morgan fingerprint density at radius 2 is 1.83 bits per heavy atom. The molecule has 4 aromatic rings. The van der Waals surface area contributed by atoms with Crippen LogP contribution in [0.5, 0.6) is 0 Å². The van der Waals surface area contributed by atoms with Gasteiger partial charge in [0.15, 0.2) is 0 Å². The van der Waals surface area contributed by atoms with Gasteiger partial charge < -0.3 is 9.80 Å². The van der Waals surface area contributed by atoms with Gasteiger partial charge in [-0.3, -0.25) is 4.79 Å². The minimum absolute atomic E-state index is 0.00337. The van der Waals surface area contributed by atoms with Gasteiger partial charge in [-0.2, -0.15) is 19.7 Å². The molecular weight excluding hydrogens is 368 g/mol. The summed E-state index contributed by atoms with van der Waals surface area (Å²) in [5, 5.41) is 8.61. The second-order valence-corrected chi connectivity index (χ2v) is 7.02. The average molecular weight is 388 g/mol. The van der Waals surface area contributed by atoms with Crippen molar-refractivity contribution < 1.29 is 4.79 Å². The van der Waals surface area contributed by atoms with E-state index in [1.807, 2.05) is 48.2 Å². The number of carbonyl (C=O) groups is 1. The van der Waals surface area contributed by atoms with Crippen molar-refractivity contribution in [3.63, 3.8) is 0 Å². The fourth-order valence-electron chi connectivity index (χ4n) is 3.61. The van der Waals surface area contributed by atoms with Crippen LogP contribution in [0.3, 0.4) is 0 Å². The van der Waals surface area contributed by atoms with Crippen LogP contribution in [0.4, 0.5) is 5.82 Å². The molecule has 1 aliphatic heterocycles. The van der Waals surface area contributed by atoms with Crippen LogP contribution < -0.4 is 4.90 Å². The molecule has 1 aromatic carbocycles. The van der Waals surface area contributed by atoms with Gasteiger partial charge >= 0.3 is 0 Å². The first-order chi connectivity index (χ1) is 14.2. The molecule has 9 nitrogen and oxygen atoms in total. The molecular formula is C20H20N8O. The van der Waals surface area contributed by atoms with Crippen molar-refractivity contribution in [3.8, 4) is 5.69 Å². The number of nitrogens with zero attached hydrogens (tertiary/aromatic N) is 8. The van der Waals surface area contributed by atoms with Gasteiger partial charge in [-0.15, -0.1) is 0 Å². The van der Waals surface area contributed by atoms with E-state index in [4.69, 9.17) is 0 Å². The number of fused-ring (bicyclic) bond motifs is 1. The van der Waals surface area contributed by atoms with Gasteiger partial charge in [-0.25, -0.2) is 9.67 Å². The Kier molecular flexibility index (Phi) is 4.19. The van der Waals surface area contributed by atoms with Crippen molar-refractivity contribution in [1.82, 2.24) is 34.3 Å². The second kappa shape index (κ2) is 7.01. The molecule has 1 fully saturated rings. The number of anilines is 1. The summed E-state index contributed by atoms with van der Waals surface area (Å²) in [6.45, 7) is 4.65. The lowest BCUT2D eigenvalue weighted by molar-refractivity contribution is 0.0746. The molecule has 0 unspecified atom stereocenters. The number of aryl methyl sites for hydroxylation is 1. The number of aromatic nitrogens is 6. The highest BCUT2D eigenvalue weighted by Crippen LogP contribution is 2.19. The molecule has 1 aliphatic rings. The number of amides is 1. The summed E-state index contributed by atoms with van der Waals surface area (Å²) in [6, 6.07) is 11.8. The van der Waals surface area contributed by atoms with Gasteiger partial charge in [0, 0.05) is 44.1 Å². The van der Waals surface area contributed by atoms with Gasteiger partial charge in [0.2, 0.25) is 0 Å². The number of rotatable bonds is 3. The van der Waals surface area contributed by atoms with E-state index in [0.717, 1.165) is 30.3 Å². The summed E-state index contributed by atoms with van der Waals surface area (Å²) in [4.78, 5) is 25.6. The molecule has 0 saturated carbocycles. The van der Waals surface area contributed by atoms with E-state index in [1.54, 1.807) is 21.6 Å². The predicted octanol–water partition coefficient (Wildman–Crippen LogP) is 1.58. The SMILES string of the molecule is Cc1cc(N2CCN(C(=O)c3cnn(-c4ccccc4)c3)CC2)n2ncnc2n1. The molecule has 1 saturated heterocycles. The average Bonchev–Trinajstić information content (AvgIpc) is 3.43. The predicted molar refractivity (Wildman–Crippen MR) is 107 cm³/mol. The monoisotopic (exact) mass is 388 g/mol. The van der Waals surface area contributed by atoms with Crippen LogP contribution >= 0.6 is 0 Å². The first-order valence-corrected chi connectivity index (χ1v) is 9.51. The molecule has 29 heavy (non-hydrogen) atoms. The van der Waals surface area contributed by atoms with E-state index in [9.17, 15) is 4.79 Å². The zero-order chi connectivity index (χ0) is 19.8. The quantitative estimate of drug-likeness (QED) is 0.530. The molecule has 0 bridgehead atoms. The van der Waals surface area contributed by atoms with Gasteiger partial charge in [-0.05, 0) is 19.1 Å². The van der Waals surface area contributed by atoms with Crippen LogP contribution in [-0.4, -0.2) is 66.3 Å². The molecule has 0 atom stereocenters. The highest BCUT2D eigenvalue weighted by Gasteiger charge is 2.25. The number of benzene rings is 1. The number of hydrogen-bond acceptors (Lipinski definition) is 6. The fourth-order valence-corrected chi connectivity index (χ4v) is 3.61. The summed E-state index contributed by atoms with van der Waals surface area (Å²) < 4.78 is 3.47. The summed E-state index contributed by atoms with van der Waals surface area (Å²) >= 11 is 0. The Bertz CT molecular complexity index is 1160. The van der Waals surface area contributed by atoms with Crippen molar-refractivity contribution in [3.05, 3.63) is 66.4 Å². The van der Waals surface area contributed by atoms with Gasteiger partial charge in [0.05, 0.1) is 17.4 Å². The van der Waals surface area contributed by atoms with E-state index in [0.29, 0.717) is 24.4 Å². The molecule has 146 valence electrons. The first kappa shape index (κ1) is 17.4. The number of para-hydroxylation sites is 1. The van der Waals surface area contributed by atoms with E-state index in [-0.39, 0.29) is 5.91 Å². The zero-order valence-corrected chi connectivity index (χ0v) is 16.0. The lowest BCUT2D eigenvalue weighted by atomic mass is 10.2. The summed E-state index contributed by atoms with van der Waals surface area (Å²) in [5.74, 6) is 1.55. The molecule has 0 spiro atoms. The first-order valence-electron chi connectivity index (χ1n) is 9.51. The Morgan fingerprint density at radius 1 is 1.03 bits per heavy atom. The number of hydrogen-bond donors (Lipinski definition) is 0. The molecule has 0 radical (unpaired) electrons. The Balaban J connectivity index is 1.30. The van der Waals surface area contributed by atoms with Crippen molar-refractivity contribution in [2.75, 3.05) is 31.1 Å². The molecule has 9 heteroatoms. The maximum absolute atomic E-state index is 12.9. The Morgan fingerprint density at radius 3 is 2.62 bits per heavy atom. The third-order valence-electron chi connectivity index (χ3n) is 5.10. The maximum Gasteiger partial charge on any atom is 0.257 e. The molecule has 0 N–H and O–H groups in total. The van der Waals surface area contributed by atoms with Gasteiger partial charge in [-0.1, -0.05) is 18.2 Å². The highest BCUT2D eigenvalue weighted by atomic mass is 16.2. The zero-order valence-electron chi connectivity index (χ0n) is 16.0. The third-order valence-corrected chi connectivity index (χ3v) is 5.10. The van der Waals surface area contributed by atoms with Crippen molar-refractivity contribution in [1.29, 1.82) is 0 Å². The summed E-state index contributed by atoms with van der Waals surface area (Å²) in [5.41, 5.74) is 2.43. The molecule has 1 amide bonds. The van der Waals surface area contributed by atoms with Crippen LogP contribution in [0.1, 0.15) is 16.1 Å². The van der Waals surface area contributed by atoms with E-state index in [2.05, 4.69) is 25.1 Å². The topological polar surface area (TPSA) is 84.5 Å². The number of carbonyl (C=O) groups excluding carboxylic acids is 1. The Hall–Kier alpha value is -3.75. The Labute approximate surface area is 167 Å². The summed E-state index contributed by atoms with van der Waals surface area (Å²) in [6.07, 6.45) is 4.93. The standard InChI is InChI=1S/C20H20N8O/c1-15-11-18(28-20(24-15)21-14-23-28)25-7-9-26(10-8-25)19(29)16-12-22-27(13-16)17-5-3-2-4-6-17/h2-6,11-14H,7-10H2,1H3. The van der Waals surface area contributed by atoms with Crippen molar-refractivity contribution in [2.24, 2.45) is 0 Å². The highest BCUT2D eigenvalue weighted by molar-refractivity contribution is 5.94. The minimum atomic E-state index is 0.00337. The molecule has 4 heterocycles. The van der Waals surface area contributed by atoms with E-state index < -0.39 is 0 Å².